The van der Waals surface area contributed by atoms with Gasteiger partial charge in [-0.15, -0.1) is 6.58 Å². The molecule has 3 heteroatoms. The molecule has 0 spiro atoms. The van der Waals surface area contributed by atoms with E-state index in [4.69, 9.17) is 4.74 Å². The molecule has 0 aliphatic rings. The number of hydrogen-bond donors (Lipinski definition) is 1. The minimum atomic E-state index is 0.197. The van der Waals surface area contributed by atoms with Crippen molar-refractivity contribution in [2.45, 2.75) is 6.61 Å². The third-order valence-corrected chi connectivity index (χ3v) is 2.33. The van der Waals surface area contributed by atoms with Crippen LogP contribution in [0.4, 0.5) is 0 Å². The van der Waals surface area contributed by atoms with Crippen LogP contribution in [0, 0.1) is 0 Å². The number of benzene rings is 1. The molecule has 0 fully saturated rings. The Hall–Kier alpha value is -1.87. The van der Waals surface area contributed by atoms with E-state index in [-0.39, 0.29) is 5.75 Å². The molecule has 16 heavy (non-hydrogen) atoms. The van der Waals surface area contributed by atoms with Crippen molar-refractivity contribution in [3.8, 4) is 5.75 Å². The standard InChI is InChI=1S/C13H13NO2/c1-2-8-16-9-10-5-6-12(15)13-11(10)4-3-7-14-13/h2-7,15H,1,8-9H2. The monoisotopic (exact) mass is 215 g/mol. The first-order valence-electron chi connectivity index (χ1n) is 5.07. The van der Waals surface area contributed by atoms with Gasteiger partial charge in [0.1, 0.15) is 11.3 Å². The van der Waals surface area contributed by atoms with E-state index in [2.05, 4.69) is 11.6 Å². The van der Waals surface area contributed by atoms with Crippen molar-refractivity contribution < 1.29 is 9.84 Å². The lowest BCUT2D eigenvalue weighted by molar-refractivity contribution is 0.150. The van der Waals surface area contributed by atoms with Crippen LogP contribution in [-0.2, 0) is 11.3 Å². The first-order chi connectivity index (χ1) is 7.83. The summed E-state index contributed by atoms with van der Waals surface area (Å²) in [5, 5.41) is 10.6. The molecule has 3 nitrogen and oxygen atoms in total. The van der Waals surface area contributed by atoms with E-state index in [1.807, 2.05) is 18.2 Å². The number of aromatic nitrogens is 1. The molecule has 0 unspecified atom stereocenters. The van der Waals surface area contributed by atoms with E-state index >= 15 is 0 Å². The third-order valence-electron chi connectivity index (χ3n) is 2.33. The van der Waals surface area contributed by atoms with E-state index < -0.39 is 0 Å². The first-order valence-corrected chi connectivity index (χ1v) is 5.07. The molecule has 1 aromatic carbocycles. The van der Waals surface area contributed by atoms with Gasteiger partial charge in [0, 0.05) is 11.6 Å². The van der Waals surface area contributed by atoms with Gasteiger partial charge in [0.2, 0.25) is 0 Å². The lowest BCUT2D eigenvalue weighted by Crippen LogP contribution is -1.94. The van der Waals surface area contributed by atoms with Crippen LogP contribution in [0.3, 0.4) is 0 Å². The molecule has 0 radical (unpaired) electrons. The molecule has 2 rings (SSSR count). The van der Waals surface area contributed by atoms with Crippen molar-refractivity contribution in [2.24, 2.45) is 0 Å². The predicted octanol–water partition coefficient (Wildman–Crippen LogP) is 2.64. The maximum atomic E-state index is 9.65. The Morgan fingerprint density at radius 1 is 1.38 bits per heavy atom. The molecule has 1 aromatic heterocycles. The number of aromatic hydroxyl groups is 1. The Bertz CT molecular complexity index is 508. The van der Waals surface area contributed by atoms with Crippen molar-refractivity contribution in [2.75, 3.05) is 6.61 Å². The Morgan fingerprint density at radius 3 is 3.06 bits per heavy atom. The lowest BCUT2D eigenvalue weighted by atomic mass is 10.1. The number of hydrogen-bond acceptors (Lipinski definition) is 3. The average molecular weight is 215 g/mol. The fraction of sp³-hybridized carbons (Fsp3) is 0.154. The fourth-order valence-electron chi connectivity index (χ4n) is 1.59. The van der Waals surface area contributed by atoms with E-state index in [1.54, 1.807) is 18.3 Å². The van der Waals surface area contributed by atoms with Crippen LogP contribution in [0.5, 0.6) is 5.75 Å². The minimum Gasteiger partial charge on any atom is -0.506 e. The molecule has 82 valence electrons. The van der Waals surface area contributed by atoms with Crippen molar-refractivity contribution >= 4 is 10.9 Å². The highest BCUT2D eigenvalue weighted by Gasteiger charge is 2.05. The fourth-order valence-corrected chi connectivity index (χ4v) is 1.59. The molecule has 0 saturated carbocycles. The van der Waals surface area contributed by atoms with Crippen LogP contribution < -0.4 is 0 Å². The number of fused-ring (bicyclic) bond motifs is 1. The molecule has 0 amide bonds. The Morgan fingerprint density at radius 2 is 2.25 bits per heavy atom. The quantitative estimate of drug-likeness (QED) is 0.629. The number of pyridine rings is 1. The lowest BCUT2D eigenvalue weighted by Gasteiger charge is -2.07. The summed E-state index contributed by atoms with van der Waals surface area (Å²) < 4.78 is 5.39. The Labute approximate surface area is 94.0 Å². The summed E-state index contributed by atoms with van der Waals surface area (Å²) in [6.07, 6.45) is 3.37. The van der Waals surface area contributed by atoms with Gasteiger partial charge in [-0.3, -0.25) is 4.98 Å². The van der Waals surface area contributed by atoms with Crippen LogP contribution in [0.25, 0.3) is 10.9 Å². The van der Waals surface area contributed by atoms with E-state index in [9.17, 15) is 5.11 Å². The van der Waals surface area contributed by atoms with E-state index in [0.29, 0.717) is 18.7 Å². The van der Waals surface area contributed by atoms with Crippen LogP contribution in [0.15, 0.2) is 43.1 Å². The van der Waals surface area contributed by atoms with Crippen molar-refractivity contribution in [1.82, 2.24) is 4.98 Å². The Kier molecular flexibility index (Phi) is 3.17. The van der Waals surface area contributed by atoms with Gasteiger partial charge in [0.15, 0.2) is 0 Å². The van der Waals surface area contributed by atoms with Crippen molar-refractivity contribution in [1.29, 1.82) is 0 Å². The number of ether oxygens (including phenoxy) is 1. The van der Waals surface area contributed by atoms with Gasteiger partial charge in [-0.05, 0) is 17.7 Å². The zero-order chi connectivity index (χ0) is 11.4. The topological polar surface area (TPSA) is 42.4 Å². The predicted molar refractivity (Wildman–Crippen MR) is 63.3 cm³/mol. The molecule has 2 aromatic rings. The van der Waals surface area contributed by atoms with Crippen molar-refractivity contribution in [3.05, 3.63) is 48.7 Å². The summed E-state index contributed by atoms with van der Waals surface area (Å²) in [5.74, 6) is 0.197. The van der Waals surface area contributed by atoms with Gasteiger partial charge in [-0.25, -0.2) is 0 Å². The maximum absolute atomic E-state index is 9.65. The molecular formula is C13H13NO2. The zero-order valence-corrected chi connectivity index (χ0v) is 8.89. The second-order valence-corrected chi connectivity index (χ2v) is 3.45. The van der Waals surface area contributed by atoms with Crippen LogP contribution >= 0.6 is 0 Å². The van der Waals surface area contributed by atoms with Crippen LogP contribution in [0.2, 0.25) is 0 Å². The summed E-state index contributed by atoms with van der Waals surface area (Å²) in [6.45, 7) is 4.60. The van der Waals surface area contributed by atoms with Gasteiger partial charge in [0.25, 0.3) is 0 Å². The van der Waals surface area contributed by atoms with Gasteiger partial charge >= 0.3 is 0 Å². The highest BCUT2D eigenvalue weighted by atomic mass is 16.5. The summed E-state index contributed by atoms with van der Waals surface area (Å²) >= 11 is 0. The minimum absolute atomic E-state index is 0.197. The summed E-state index contributed by atoms with van der Waals surface area (Å²) in [4.78, 5) is 4.14. The average Bonchev–Trinajstić information content (AvgIpc) is 2.33. The van der Waals surface area contributed by atoms with Gasteiger partial charge in [-0.1, -0.05) is 18.2 Å². The Balaban J connectivity index is 2.38. The molecule has 1 heterocycles. The summed E-state index contributed by atoms with van der Waals surface area (Å²) in [7, 11) is 0. The third kappa shape index (κ3) is 2.04. The van der Waals surface area contributed by atoms with E-state index in [0.717, 1.165) is 10.9 Å². The summed E-state index contributed by atoms with van der Waals surface area (Å²) in [6, 6.07) is 7.26. The smallest absolute Gasteiger partial charge is 0.141 e. The SMILES string of the molecule is C=CCOCc1ccc(O)c2ncccc12. The molecule has 0 atom stereocenters. The summed E-state index contributed by atoms with van der Waals surface area (Å²) in [5.41, 5.74) is 1.63. The van der Waals surface area contributed by atoms with Crippen LogP contribution in [0.1, 0.15) is 5.56 Å². The second kappa shape index (κ2) is 4.77. The van der Waals surface area contributed by atoms with Gasteiger partial charge < -0.3 is 9.84 Å². The largest absolute Gasteiger partial charge is 0.506 e. The molecule has 0 aliphatic carbocycles. The molecule has 0 saturated heterocycles. The zero-order valence-electron chi connectivity index (χ0n) is 8.89. The van der Waals surface area contributed by atoms with Gasteiger partial charge in [-0.2, -0.15) is 0 Å². The highest BCUT2D eigenvalue weighted by molar-refractivity contribution is 5.86. The molecule has 1 N–H and O–H groups in total. The highest BCUT2D eigenvalue weighted by Crippen LogP contribution is 2.25. The normalized spacial score (nSPS) is 10.5. The first kappa shape index (κ1) is 10.6. The van der Waals surface area contributed by atoms with Crippen LogP contribution in [-0.4, -0.2) is 16.7 Å². The molecule has 0 bridgehead atoms. The second-order valence-electron chi connectivity index (χ2n) is 3.45. The number of phenolic OH excluding ortho intramolecular Hbond substituents is 1. The van der Waals surface area contributed by atoms with Gasteiger partial charge in [0.05, 0.1) is 13.2 Å². The molecule has 0 aliphatic heterocycles. The number of nitrogens with zero attached hydrogens (tertiary/aromatic N) is 1. The van der Waals surface area contributed by atoms with E-state index in [1.165, 1.54) is 0 Å². The number of phenols is 1. The molecular weight excluding hydrogens is 202 g/mol. The maximum Gasteiger partial charge on any atom is 0.141 e. The van der Waals surface area contributed by atoms with Crippen molar-refractivity contribution in [3.63, 3.8) is 0 Å². The number of rotatable bonds is 4.